The fourth-order valence-corrected chi connectivity index (χ4v) is 2.32. The van der Waals surface area contributed by atoms with Crippen LogP contribution < -0.4 is 20.5 Å². The Balaban J connectivity index is 1.90. The van der Waals surface area contributed by atoms with Gasteiger partial charge in [0, 0.05) is 12.1 Å². The second-order valence-corrected chi connectivity index (χ2v) is 5.13. The van der Waals surface area contributed by atoms with Gasteiger partial charge in [0.2, 0.25) is 6.79 Å². The molecule has 3 N–H and O–H groups in total. The van der Waals surface area contributed by atoms with Crippen LogP contribution in [0.4, 0.5) is 11.4 Å². The van der Waals surface area contributed by atoms with Crippen molar-refractivity contribution in [3.05, 3.63) is 45.9 Å². The number of rotatable bonds is 2. The number of nitrogen functional groups attached to an aromatic ring is 1. The maximum atomic E-state index is 12.3. The Labute approximate surface area is 130 Å². The summed E-state index contributed by atoms with van der Waals surface area (Å²) in [5.41, 5.74) is 6.93. The number of hydrogen-bond acceptors (Lipinski definition) is 4. The lowest BCUT2D eigenvalue weighted by Gasteiger charge is -2.10. The van der Waals surface area contributed by atoms with Gasteiger partial charge in [-0.25, -0.2) is 0 Å². The Morgan fingerprint density at radius 1 is 1.19 bits per heavy atom. The highest BCUT2D eigenvalue weighted by Crippen LogP contribution is 2.38. The normalized spacial score (nSPS) is 12.3. The summed E-state index contributed by atoms with van der Waals surface area (Å²) in [7, 11) is 0. The summed E-state index contributed by atoms with van der Waals surface area (Å²) in [5.74, 6) is 0.663. The zero-order valence-electron chi connectivity index (χ0n) is 10.7. The minimum atomic E-state index is -0.409. The molecule has 5 nitrogen and oxygen atoms in total. The van der Waals surface area contributed by atoms with Crippen LogP contribution in [0.3, 0.4) is 0 Å². The molecule has 1 aliphatic heterocycles. The zero-order chi connectivity index (χ0) is 15.0. The summed E-state index contributed by atoms with van der Waals surface area (Å²) in [5, 5.41) is 3.18. The number of benzene rings is 2. The van der Waals surface area contributed by atoms with Crippen LogP contribution in [0.25, 0.3) is 0 Å². The van der Waals surface area contributed by atoms with Gasteiger partial charge in [-0.3, -0.25) is 4.79 Å². The molecule has 0 atom stereocenters. The highest BCUT2D eigenvalue weighted by molar-refractivity contribution is 6.44. The van der Waals surface area contributed by atoms with Crippen LogP contribution in [0.5, 0.6) is 11.5 Å². The molecule has 0 radical (unpaired) electrons. The van der Waals surface area contributed by atoms with Gasteiger partial charge in [-0.1, -0.05) is 29.3 Å². The van der Waals surface area contributed by atoms with Gasteiger partial charge in [0.15, 0.2) is 11.5 Å². The number of nitrogens with one attached hydrogen (secondary N) is 1. The highest BCUT2D eigenvalue weighted by atomic mass is 35.5. The van der Waals surface area contributed by atoms with Crippen LogP contribution in [-0.4, -0.2) is 12.7 Å². The van der Waals surface area contributed by atoms with Crippen molar-refractivity contribution in [2.75, 3.05) is 17.8 Å². The van der Waals surface area contributed by atoms with E-state index >= 15 is 0 Å². The number of amides is 1. The molecule has 2 aromatic carbocycles. The van der Waals surface area contributed by atoms with E-state index in [4.69, 9.17) is 38.4 Å². The highest BCUT2D eigenvalue weighted by Gasteiger charge is 2.19. The molecule has 21 heavy (non-hydrogen) atoms. The smallest absolute Gasteiger partial charge is 0.257 e. The van der Waals surface area contributed by atoms with Gasteiger partial charge in [-0.2, -0.15) is 0 Å². The van der Waals surface area contributed by atoms with Gasteiger partial charge in [-0.15, -0.1) is 0 Å². The van der Waals surface area contributed by atoms with Crippen LogP contribution >= 0.6 is 23.2 Å². The average molecular weight is 325 g/mol. The van der Waals surface area contributed by atoms with Gasteiger partial charge in [0.1, 0.15) is 0 Å². The maximum absolute atomic E-state index is 12.3. The summed E-state index contributed by atoms with van der Waals surface area (Å²) in [4.78, 5) is 12.3. The number of ether oxygens (including phenoxy) is 2. The molecule has 0 aromatic heterocycles. The monoisotopic (exact) mass is 324 g/mol. The molecule has 3 rings (SSSR count). The molecule has 7 heteroatoms. The number of hydrogen-bond donors (Lipinski definition) is 2. The van der Waals surface area contributed by atoms with Gasteiger partial charge in [-0.05, 0) is 12.1 Å². The first-order valence-electron chi connectivity index (χ1n) is 6.01. The van der Waals surface area contributed by atoms with E-state index in [-0.39, 0.29) is 17.4 Å². The Hall–Kier alpha value is -2.11. The third-order valence-corrected chi connectivity index (χ3v) is 3.81. The third-order valence-electron chi connectivity index (χ3n) is 2.99. The molecule has 0 aliphatic carbocycles. The van der Waals surface area contributed by atoms with E-state index in [2.05, 4.69) is 5.32 Å². The lowest BCUT2D eigenvalue weighted by molar-refractivity contribution is 0.102. The molecule has 0 spiro atoms. The molecule has 1 heterocycles. The van der Waals surface area contributed by atoms with Gasteiger partial charge >= 0.3 is 0 Å². The largest absolute Gasteiger partial charge is 0.454 e. The molecule has 0 fully saturated rings. The van der Waals surface area contributed by atoms with Crippen molar-refractivity contribution in [2.24, 2.45) is 0 Å². The van der Waals surface area contributed by atoms with E-state index in [0.29, 0.717) is 27.9 Å². The summed E-state index contributed by atoms with van der Waals surface area (Å²) in [6.07, 6.45) is 0. The van der Waals surface area contributed by atoms with Crippen LogP contribution in [0, 0.1) is 0 Å². The number of carbonyl (C=O) groups excluding carboxylic acids is 1. The maximum Gasteiger partial charge on any atom is 0.257 e. The SMILES string of the molecule is Nc1cc2c(cc1NC(=O)c1cccc(Cl)c1Cl)OCO2. The Bertz CT molecular complexity index is 734. The molecule has 1 amide bonds. The van der Waals surface area contributed by atoms with Crippen LogP contribution in [0.1, 0.15) is 10.4 Å². The van der Waals surface area contributed by atoms with E-state index in [1.165, 1.54) is 0 Å². The predicted octanol–water partition coefficient (Wildman–Crippen LogP) is 3.56. The number of halogens is 2. The fourth-order valence-electron chi connectivity index (χ4n) is 1.93. The predicted molar refractivity (Wildman–Crippen MR) is 81.4 cm³/mol. The average Bonchev–Trinajstić information content (AvgIpc) is 2.89. The van der Waals surface area contributed by atoms with Crippen molar-refractivity contribution >= 4 is 40.5 Å². The topological polar surface area (TPSA) is 73.6 Å². The first-order chi connectivity index (χ1) is 10.1. The lowest BCUT2D eigenvalue weighted by atomic mass is 10.2. The molecular formula is C14H10Cl2N2O3. The number of anilines is 2. The van der Waals surface area contributed by atoms with Crippen molar-refractivity contribution in [2.45, 2.75) is 0 Å². The van der Waals surface area contributed by atoms with Gasteiger partial charge in [0.25, 0.3) is 5.91 Å². The minimum Gasteiger partial charge on any atom is -0.454 e. The summed E-state index contributed by atoms with van der Waals surface area (Å²) < 4.78 is 10.5. The number of carbonyl (C=O) groups is 1. The van der Waals surface area contributed by atoms with Crippen molar-refractivity contribution in [3.8, 4) is 11.5 Å². The Kier molecular flexibility index (Phi) is 3.53. The van der Waals surface area contributed by atoms with Gasteiger partial charge < -0.3 is 20.5 Å². The van der Waals surface area contributed by atoms with Crippen molar-refractivity contribution < 1.29 is 14.3 Å². The van der Waals surface area contributed by atoms with Crippen LogP contribution in [-0.2, 0) is 0 Å². The van der Waals surface area contributed by atoms with E-state index in [0.717, 1.165) is 0 Å². The number of nitrogens with two attached hydrogens (primary N) is 1. The molecule has 1 aliphatic rings. The Morgan fingerprint density at radius 2 is 1.90 bits per heavy atom. The molecular weight excluding hydrogens is 315 g/mol. The molecule has 108 valence electrons. The first-order valence-corrected chi connectivity index (χ1v) is 6.76. The summed E-state index contributed by atoms with van der Waals surface area (Å²) >= 11 is 11.9. The lowest BCUT2D eigenvalue weighted by Crippen LogP contribution is -2.13. The standard InChI is InChI=1S/C14H10Cl2N2O3/c15-8-3-1-2-7(13(8)16)14(19)18-10-5-12-11(4-9(10)17)20-6-21-12/h1-5H,6,17H2,(H,18,19). The van der Waals surface area contributed by atoms with Crippen LogP contribution in [0.15, 0.2) is 30.3 Å². The zero-order valence-corrected chi connectivity index (χ0v) is 12.2. The molecule has 0 bridgehead atoms. The first kappa shape index (κ1) is 13.9. The van der Waals surface area contributed by atoms with Crippen molar-refractivity contribution in [1.29, 1.82) is 0 Å². The third kappa shape index (κ3) is 2.57. The second kappa shape index (κ2) is 5.35. The van der Waals surface area contributed by atoms with E-state index in [1.807, 2.05) is 0 Å². The van der Waals surface area contributed by atoms with Crippen molar-refractivity contribution in [3.63, 3.8) is 0 Å². The van der Waals surface area contributed by atoms with Crippen LogP contribution in [0.2, 0.25) is 10.0 Å². The number of fused-ring (bicyclic) bond motifs is 1. The molecule has 0 unspecified atom stereocenters. The summed E-state index contributed by atoms with van der Waals surface area (Å²) in [6.45, 7) is 0.131. The fraction of sp³-hybridized carbons (Fsp3) is 0.0714. The van der Waals surface area contributed by atoms with Gasteiger partial charge in [0.05, 0.1) is 27.0 Å². The minimum absolute atomic E-state index is 0.131. The second-order valence-electron chi connectivity index (χ2n) is 4.35. The molecule has 0 saturated carbocycles. The molecule has 0 saturated heterocycles. The van der Waals surface area contributed by atoms with E-state index in [1.54, 1.807) is 30.3 Å². The van der Waals surface area contributed by atoms with E-state index < -0.39 is 5.91 Å². The van der Waals surface area contributed by atoms with E-state index in [9.17, 15) is 4.79 Å². The quantitative estimate of drug-likeness (QED) is 0.828. The summed E-state index contributed by atoms with van der Waals surface area (Å²) in [6, 6.07) is 8.03. The molecule has 2 aromatic rings. The van der Waals surface area contributed by atoms with Crippen molar-refractivity contribution in [1.82, 2.24) is 0 Å². The Morgan fingerprint density at radius 3 is 2.67 bits per heavy atom.